The summed E-state index contributed by atoms with van der Waals surface area (Å²) in [4.78, 5) is 29.3. The molecule has 142 valence electrons. The zero-order valence-corrected chi connectivity index (χ0v) is 16.6. The number of carbonyl (C=O) groups is 1. The summed E-state index contributed by atoms with van der Waals surface area (Å²) < 4.78 is 0. The molecule has 2 aromatic heterocycles. The van der Waals surface area contributed by atoms with Crippen LogP contribution in [0.15, 0.2) is 11.6 Å². The highest BCUT2D eigenvalue weighted by Crippen LogP contribution is 2.12. The number of H-pyrrole nitrogens is 1. The fraction of sp³-hybridized carbons (Fsp3) is 0.632. The maximum Gasteiger partial charge on any atom is 0.228 e. The summed E-state index contributed by atoms with van der Waals surface area (Å²) in [5, 5.41) is 3.01. The van der Waals surface area contributed by atoms with Crippen molar-refractivity contribution < 1.29 is 4.79 Å². The summed E-state index contributed by atoms with van der Waals surface area (Å²) in [6.45, 7) is 8.61. The van der Waals surface area contributed by atoms with E-state index in [1.165, 1.54) is 18.5 Å². The van der Waals surface area contributed by atoms with Crippen LogP contribution in [0.3, 0.4) is 0 Å². The van der Waals surface area contributed by atoms with Crippen molar-refractivity contribution in [1.29, 1.82) is 0 Å². The number of aryl methyl sites for hydroxylation is 2. The molecule has 1 saturated heterocycles. The van der Waals surface area contributed by atoms with Crippen molar-refractivity contribution in [3.63, 3.8) is 0 Å². The van der Waals surface area contributed by atoms with Gasteiger partial charge < -0.3 is 9.88 Å². The molecule has 1 aliphatic heterocycles. The largest absolute Gasteiger partial charge is 0.345 e. The van der Waals surface area contributed by atoms with E-state index in [1.807, 2.05) is 23.4 Å². The molecule has 0 spiro atoms. The standard InChI is InChI=1S/C19H29N5OS/c1-3-4-6-18-20-12-17(22-18)13-23-7-5-8-24(10-9-23)19(25)11-16-14-26-15(2)21-16/h12,14H,3-11,13H2,1-2H3,(H,20,22). The molecule has 2 aromatic rings. The molecule has 6 nitrogen and oxygen atoms in total. The first-order chi connectivity index (χ1) is 12.6. The molecule has 0 saturated carbocycles. The van der Waals surface area contributed by atoms with Gasteiger partial charge in [-0.2, -0.15) is 0 Å². The van der Waals surface area contributed by atoms with E-state index in [4.69, 9.17) is 0 Å². The lowest BCUT2D eigenvalue weighted by atomic mass is 10.2. The van der Waals surface area contributed by atoms with Crippen LogP contribution in [0.2, 0.25) is 0 Å². The van der Waals surface area contributed by atoms with E-state index in [9.17, 15) is 4.79 Å². The van der Waals surface area contributed by atoms with Gasteiger partial charge >= 0.3 is 0 Å². The number of aromatic amines is 1. The number of rotatable bonds is 7. The normalized spacial score (nSPS) is 16.0. The monoisotopic (exact) mass is 375 g/mol. The van der Waals surface area contributed by atoms with Crippen molar-refractivity contribution in [2.24, 2.45) is 0 Å². The first-order valence-electron chi connectivity index (χ1n) is 9.58. The number of amides is 1. The lowest BCUT2D eigenvalue weighted by Crippen LogP contribution is -2.36. The highest BCUT2D eigenvalue weighted by molar-refractivity contribution is 7.09. The van der Waals surface area contributed by atoms with Gasteiger partial charge in [-0.05, 0) is 19.8 Å². The van der Waals surface area contributed by atoms with Gasteiger partial charge in [0.2, 0.25) is 5.91 Å². The van der Waals surface area contributed by atoms with Gasteiger partial charge in [0.1, 0.15) is 5.82 Å². The molecular formula is C19H29N5OS. The highest BCUT2D eigenvalue weighted by atomic mass is 32.1. The summed E-state index contributed by atoms with van der Waals surface area (Å²) >= 11 is 1.61. The third-order valence-corrected chi connectivity index (χ3v) is 5.60. The predicted molar refractivity (Wildman–Crippen MR) is 104 cm³/mol. The highest BCUT2D eigenvalue weighted by Gasteiger charge is 2.20. The Bertz CT molecular complexity index is 710. The number of thiazole rings is 1. The van der Waals surface area contributed by atoms with Crippen molar-refractivity contribution >= 4 is 17.2 Å². The minimum Gasteiger partial charge on any atom is -0.345 e. The average molecular weight is 376 g/mol. The molecule has 0 unspecified atom stereocenters. The molecule has 3 heterocycles. The average Bonchev–Trinajstić information content (AvgIpc) is 3.16. The second kappa shape index (κ2) is 9.28. The first-order valence-corrected chi connectivity index (χ1v) is 10.5. The number of aromatic nitrogens is 3. The maximum absolute atomic E-state index is 12.6. The van der Waals surface area contributed by atoms with E-state index in [0.29, 0.717) is 6.42 Å². The SMILES string of the molecule is CCCCc1ncc(CN2CCCN(C(=O)Cc3csc(C)n3)CC2)[nH]1. The van der Waals surface area contributed by atoms with Gasteiger partial charge in [-0.3, -0.25) is 9.69 Å². The first kappa shape index (κ1) is 19.0. The smallest absolute Gasteiger partial charge is 0.228 e. The van der Waals surface area contributed by atoms with Crippen LogP contribution in [-0.2, 0) is 24.2 Å². The van der Waals surface area contributed by atoms with Crippen molar-refractivity contribution in [1.82, 2.24) is 24.8 Å². The Morgan fingerprint density at radius 2 is 2.19 bits per heavy atom. The zero-order valence-electron chi connectivity index (χ0n) is 15.8. The molecule has 1 N–H and O–H groups in total. The van der Waals surface area contributed by atoms with Crippen LogP contribution in [0.5, 0.6) is 0 Å². The minimum atomic E-state index is 0.195. The van der Waals surface area contributed by atoms with Crippen molar-refractivity contribution in [3.8, 4) is 0 Å². The Labute approximate surface area is 159 Å². The molecule has 1 aliphatic rings. The van der Waals surface area contributed by atoms with Crippen LogP contribution in [-0.4, -0.2) is 56.8 Å². The van der Waals surface area contributed by atoms with Crippen LogP contribution in [0.1, 0.15) is 48.4 Å². The van der Waals surface area contributed by atoms with E-state index in [0.717, 1.165) is 62.1 Å². The molecule has 0 atom stereocenters. The summed E-state index contributed by atoms with van der Waals surface area (Å²) in [6, 6.07) is 0. The Balaban J connectivity index is 1.48. The summed E-state index contributed by atoms with van der Waals surface area (Å²) in [5.74, 6) is 1.28. The van der Waals surface area contributed by atoms with Gasteiger partial charge in [-0.1, -0.05) is 13.3 Å². The lowest BCUT2D eigenvalue weighted by molar-refractivity contribution is -0.130. The van der Waals surface area contributed by atoms with Gasteiger partial charge in [0.15, 0.2) is 0 Å². The van der Waals surface area contributed by atoms with E-state index in [1.54, 1.807) is 11.3 Å². The number of hydrogen-bond donors (Lipinski definition) is 1. The van der Waals surface area contributed by atoms with Crippen LogP contribution in [0.4, 0.5) is 0 Å². The molecule has 3 rings (SSSR count). The van der Waals surface area contributed by atoms with Crippen LogP contribution in [0, 0.1) is 6.92 Å². The van der Waals surface area contributed by atoms with Crippen molar-refractivity contribution in [2.45, 2.75) is 52.5 Å². The fourth-order valence-electron chi connectivity index (χ4n) is 3.33. The number of nitrogens with zero attached hydrogens (tertiary/aromatic N) is 4. The Kier molecular flexibility index (Phi) is 6.80. The summed E-state index contributed by atoms with van der Waals surface area (Å²) in [5.41, 5.74) is 2.07. The topological polar surface area (TPSA) is 65.1 Å². The molecule has 7 heteroatoms. The van der Waals surface area contributed by atoms with E-state index in [2.05, 4.69) is 26.8 Å². The second-order valence-corrected chi connectivity index (χ2v) is 8.07. The Morgan fingerprint density at radius 1 is 1.31 bits per heavy atom. The van der Waals surface area contributed by atoms with Gasteiger partial charge in [0.05, 0.1) is 17.1 Å². The molecule has 26 heavy (non-hydrogen) atoms. The zero-order chi connectivity index (χ0) is 18.4. The summed E-state index contributed by atoms with van der Waals surface area (Å²) in [6.07, 6.45) is 6.78. The number of carbonyl (C=O) groups excluding carboxylic acids is 1. The molecule has 0 aliphatic carbocycles. The number of nitrogens with one attached hydrogen (secondary N) is 1. The molecule has 0 radical (unpaired) electrons. The number of hydrogen-bond acceptors (Lipinski definition) is 5. The van der Waals surface area contributed by atoms with Crippen LogP contribution < -0.4 is 0 Å². The summed E-state index contributed by atoms with van der Waals surface area (Å²) in [7, 11) is 0. The van der Waals surface area contributed by atoms with E-state index < -0.39 is 0 Å². The predicted octanol–water partition coefficient (Wildman–Crippen LogP) is 2.79. The number of imidazole rings is 1. The molecule has 1 amide bonds. The van der Waals surface area contributed by atoms with Gasteiger partial charge in [-0.15, -0.1) is 11.3 Å². The van der Waals surface area contributed by atoms with Gasteiger partial charge in [0.25, 0.3) is 0 Å². The van der Waals surface area contributed by atoms with Gasteiger partial charge in [0, 0.05) is 56.4 Å². The van der Waals surface area contributed by atoms with E-state index >= 15 is 0 Å². The fourth-order valence-corrected chi connectivity index (χ4v) is 3.95. The number of unbranched alkanes of at least 4 members (excludes halogenated alkanes) is 1. The van der Waals surface area contributed by atoms with Crippen LogP contribution >= 0.6 is 11.3 Å². The third-order valence-electron chi connectivity index (χ3n) is 4.78. The third kappa shape index (κ3) is 5.38. The quantitative estimate of drug-likeness (QED) is 0.808. The Morgan fingerprint density at radius 3 is 2.96 bits per heavy atom. The van der Waals surface area contributed by atoms with Crippen molar-refractivity contribution in [2.75, 3.05) is 26.2 Å². The molecule has 1 fully saturated rings. The van der Waals surface area contributed by atoms with Gasteiger partial charge in [-0.25, -0.2) is 9.97 Å². The van der Waals surface area contributed by atoms with Crippen LogP contribution in [0.25, 0.3) is 0 Å². The van der Waals surface area contributed by atoms with Crippen molar-refractivity contribution in [3.05, 3.63) is 33.8 Å². The molecule has 0 aromatic carbocycles. The molecular weight excluding hydrogens is 346 g/mol. The Hall–Kier alpha value is -1.73. The lowest BCUT2D eigenvalue weighted by Gasteiger charge is -2.21. The second-order valence-electron chi connectivity index (χ2n) is 7.00. The minimum absolute atomic E-state index is 0.195. The van der Waals surface area contributed by atoms with E-state index in [-0.39, 0.29) is 5.91 Å². The maximum atomic E-state index is 12.6. The molecule has 0 bridgehead atoms.